The Hall–Kier alpha value is -1.11. The van der Waals surface area contributed by atoms with Gasteiger partial charge in [0.1, 0.15) is 0 Å². The molecule has 1 rings (SSSR count). The number of nitrogens with one attached hydrogen (secondary N) is 1. The predicted molar refractivity (Wildman–Crippen MR) is 97.0 cm³/mol. The second-order valence-electron chi connectivity index (χ2n) is 7.17. The van der Waals surface area contributed by atoms with Gasteiger partial charge in [0.05, 0.1) is 4.90 Å². The number of sulfonamides is 1. The number of hydrogen-bond acceptors (Lipinski definition) is 4. The Labute approximate surface area is 141 Å². The van der Waals surface area contributed by atoms with Gasteiger partial charge in [0, 0.05) is 25.8 Å². The summed E-state index contributed by atoms with van der Waals surface area (Å²) < 4.78 is 27.8. The second kappa shape index (κ2) is 8.13. The van der Waals surface area contributed by atoms with E-state index in [1.54, 1.807) is 29.6 Å². The molecule has 0 aromatic heterocycles. The fourth-order valence-corrected chi connectivity index (χ4v) is 4.40. The van der Waals surface area contributed by atoms with Gasteiger partial charge in [-0.15, -0.1) is 0 Å². The van der Waals surface area contributed by atoms with Crippen molar-refractivity contribution < 1.29 is 8.42 Å². The quantitative estimate of drug-likeness (QED) is 0.724. The van der Waals surface area contributed by atoms with E-state index < -0.39 is 10.0 Å². The standard InChI is InChI=1S/C17H31N3O2S/c1-14(2)12-20(13-17(3,4)9-10-18)23(21,22)16-8-6-7-15(11-16)19-5/h6-8,11,14,19H,9-10,12-13,18H2,1-5H3. The van der Waals surface area contributed by atoms with Crippen LogP contribution in [0.4, 0.5) is 5.69 Å². The van der Waals surface area contributed by atoms with Gasteiger partial charge in [-0.1, -0.05) is 33.8 Å². The Morgan fingerprint density at radius 3 is 2.48 bits per heavy atom. The maximum Gasteiger partial charge on any atom is 0.243 e. The van der Waals surface area contributed by atoms with Gasteiger partial charge in [-0.2, -0.15) is 4.31 Å². The molecule has 3 N–H and O–H groups in total. The highest BCUT2D eigenvalue weighted by atomic mass is 32.2. The largest absolute Gasteiger partial charge is 0.388 e. The van der Waals surface area contributed by atoms with Crippen LogP contribution in [0.25, 0.3) is 0 Å². The zero-order valence-electron chi connectivity index (χ0n) is 15.0. The molecule has 0 aliphatic rings. The van der Waals surface area contributed by atoms with Crippen LogP contribution in [0, 0.1) is 11.3 Å². The lowest BCUT2D eigenvalue weighted by Gasteiger charge is -2.33. The highest BCUT2D eigenvalue weighted by molar-refractivity contribution is 7.89. The molecule has 0 atom stereocenters. The van der Waals surface area contributed by atoms with Crippen molar-refractivity contribution in [2.24, 2.45) is 17.1 Å². The number of benzene rings is 1. The van der Waals surface area contributed by atoms with E-state index in [9.17, 15) is 8.42 Å². The molecular formula is C17H31N3O2S. The molecule has 23 heavy (non-hydrogen) atoms. The Balaban J connectivity index is 3.17. The van der Waals surface area contributed by atoms with Gasteiger partial charge in [-0.3, -0.25) is 0 Å². The number of nitrogens with zero attached hydrogens (tertiary/aromatic N) is 1. The molecule has 0 aliphatic heterocycles. The van der Waals surface area contributed by atoms with Gasteiger partial charge in [-0.05, 0) is 42.5 Å². The number of rotatable bonds is 9. The summed E-state index contributed by atoms with van der Waals surface area (Å²) in [7, 11) is -1.75. The lowest BCUT2D eigenvalue weighted by Crippen LogP contribution is -2.41. The molecule has 0 radical (unpaired) electrons. The van der Waals surface area contributed by atoms with Gasteiger partial charge < -0.3 is 11.1 Å². The predicted octanol–water partition coefficient (Wildman–Crippen LogP) is 2.75. The van der Waals surface area contributed by atoms with Crippen molar-refractivity contribution in [3.05, 3.63) is 24.3 Å². The number of anilines is 1. The first-order chi connectivity index (χ1) is 10.6. The second-order valence-corrected chi connectivity index (χ2v) is 9.11. The molecule has 5 nitrogen and oxygen atoms in total. The average Bonchev–Trinajstić information content (AvgIpc) is 2.45. The lowest BCUT2D eigenvalue weighted by molar-refractivity contribution is 0.233. The van der Waals surface area contributed by atoms with Gasteiger partial charge in [0.25, 0.3) is 0 Å². The fraction of sp³-hybridized carbons (Fsp3) is 0.647. The van der Waals surface area contributed by atoms with E-state index >= 15 is 0 Å². The van der Waals surface area contributed by atoms with Crippen LogP contribution in [0.3, 0.4) is 0 Å². The van der Waals surface area contributed by atoms with Crippen molar-refractivity contribution in [3.63, 3.8) is 0 Å². The van der Waals surface area contributed by atoms with E-state index in [1.807, 2.05) is 19.9 Å². The Bertz CT molecular complexity index is 598. The van der Waals surface area contributed by atoms with E-state index in [1.165, 1.54) is 0 Å². The highest BCUT2D eigenvalue weighted by Gasteiger charge is 2.31. The van der Waals surface area contributed by atoms with Crippen molar-refractivity contribution in [1.82, 2.24) is 4.31 Å². The third-order valence-corrected chi connectivity index (χ3v) is 5.56. The van der Waals surface area contributed by atoms with Gasteiger partial charge >= 0.3 is 0 Å². The highest BCUT2D eigenvalue weighted by Crippen LogP contribution is 2.27. The third kappa shape index (κ3) is 5.79. The fourth-order valence-electron chi connectivity index (χ4n) is 2.56. The van der Waals surface area contributed by atoms with Crippen molar-refractivity contribution in [3.8, 4) is 0 Å². The Morgan fingerprint density at radius 1 is 1.30 bits per heavy atom. The molecule has 0 saturated heterocycles. The molecule has 0 unspecified atom stereocenters. The molecule has 0 fully saturated rings. The Morgan fingerprint density at radius 2 is 1.96 bits per heavy atom. The summed E-state index contributed by atoms with van der Waals surface area (Å²) >= 11 is 0. The summed E-state index contributed by atoms with van der Waals surface area (Å²) in [4.78, 5) is 0.327. The summed E-state index contributed by atoms with van der Waals surface area (Å²) in [5.74, 6) is 0.255. The SMILES string of the molecule is CNc1cccc(S(=O)(=O)N(CC(C)C)CC(C)(C)CCN)c1. The first-order valence-electron chi connectivity index (χ1n) is 8.10. The Kier molecular flexibility index (Phi) is 7.04. The molecule has 0 spiro atoms. The minimum Gasteiger partial charge on any atom is -0.388 e. The zero-order valence-corrected chi connectivity index (χ0v) is 15.8. The van der Waals surface area contributed by atoms with Crippen LogP contribution in [-0.4, -0.2) is 39.4 Å². The van der Waals surface area contributed by atoms with Crippen LogP contribution in [0.2, 0.25) is 0 Å². The van der Waals surface area contributed by atoms with Crippen LogP contribution in [0.5, 0.6) is 0 Å². The number of hydrogen-bond donors (Lipinski definition) is 2. The molecule has 0 saturated carbocycles. The number of nitrogens with two attached hydrogens (primary N) is 1. The van der Waals surface area contributed by atoms with Gasteiger partial charge in [0.15, 0.2) is 0 Å². The van der Waals surface area contributed by atoms with E-state index in [0.717, 1.165) is 12.1 Å². The molecule has 0 bridgehead atoms. The maximum absolute atomic E-state index is 13.1. The van der Waals surface area contributed by atoms with E-state index in [0.29, 0.717) is 24.5 Å². The first-order valence-corrected chi connectivity index (χ1v) is 9.54. The topological polar surface area (TPSA) is 75.4 Å². The molecule has 1 aromatic rings. The van der Waals surface area contributed by atoms with E-state index in [4.69, 9.17) is 5.73 Å². The first kappa shape index (κ1) is 19.9. The van der Waals surface area contributed by atoms with E-state index in [-0.39, 0.29) is 11.3 Å². The van der Waals surface area contributed by atoms with Gasteiger partial charge in [-0.25, -0.2) is 8.42 Å². The molecule has 0 aliphatic carbocycles. The summed E-state index contributed by atoms with van der Waals surface area (Å²) in [6.07, 6.45) is 0.785. The molecule has 1 aromatic carbocycles. The minimum absolute atomic E-state index is 0.155. The monoisotopic (exact) mass is 341 g/mol. The average molecular weight is 342 g/mol. The molecular weight excluding hydrogens is 310 g/mol. The summed E-state index contributed by atoms with van der Waals surface area (Å²) in [6, 6.07) is 6.94. The molecule has 6 heteroatoms. The minimum atomic E-state index is -3.53. The third-order valence-electron chi connectivity index (χ3n) is 3.75. The summed E-state index contributed by atoms with van der Waals surface area (Å²) in [5.41, 5.74) is 6.31. The van der Waals surface area contributed by atoms with Crippen LogP contribution >= 0.6 is 0 Å². The molecule has 0 heterocycles. The van der Waals surface area contributed by atoms with Crippen LogP contribution in [0.15, 0.2) is 29.2 Å². The molecule has 132 valence electrons. The lowest BCUT2D eigenvalue weighted by atomic mass is 9.89. The summed E-state index contributed by atoms with van der Waals surface area (Å²) in [5, 5.41) is 2.99. The van der Waals surface area contributed by atoms with E-state index in [2.05, 4.69) is 19.2 Å². The van der Waals surface area contributed by atoms with Crippen LogP contribution in [0.1, 0.15) is 34.1 Å². The molecule has 0 amide bonds. The maximum atomic E-state index is 13.1. The normalized spacial score (nSPS) is 12.9. The van der Waals surface area contributed by atoms with Crippen molar-refractivity contribution >= 4 is 15.7 Å². The van der Waals surface area contributed by atoms with Gasteiger partial charge in [0.2, 0.25) is 10.0 Å². The van der Waals surface area contributed by atoms with Crippen LogP contribution < -0.4 is 11.1 Å². The van der Waals surface area contributed by atoms with Crippen molar-refractivity contribution in [1.29, 1.82) is 0 Å². The summed E-state index contributed by atoms with van der Waals surface area (Å²) in [6.45, 7) is 9.71. The van der Waals surface area contributed by atoms with Crippen LogP contribution in [-0.2, 0) is 10.0 Å². The zero-order chi connectivity index (χ0) is 17.7. The smallest absolute Gasteiger partial charge is 0.243 e. The van der Waals surface area contributed by atoms with Crippen molar-refractivity contribution in [2.45, 2.75) is 39.0 Å². The van der Waals surface area contributed by atoms with Crippen molar-refractivity contribution in [2.75, 3.05) is 32.0 Å².